The summed E-state index contributed by atoms with van der Waals surface area (Å²) in [6.07, 6.45) is 3.14. The summed E-state index contributed by atoms with van der Waals surface area (Å²) in [4.78, 5) is 4.13. The van der Waals surface area contributed by atoms with E-state index in [9.17, 15) is 0 Å². The lowest BCUT2D eigenvalue weighted by atomic mass is 10.0. The highest BCUT2D eigenvalue weighted by molar-refractivity contribution is 6.29. The van der Waals surface area contributed by atoms with Crippen molar-refractivity contribution in [2.45, 2.75) is 19.3 Å². The molecule has 1 aliphatic rings. The van der Waals surface area contributed by atoms with Gasteiger partial charge in [0.05, 0.1) is 5.69 Å². The standard InChI is InChI=1S/C11H16ClN3O/c12-9-2-1-8(13)10(15-9)14-7-11(3-4-11)5-6-16/h1-2,16H,3-7,13H2,(H,14,15). The molecule has 2 rings (SSSR count). The van der Waals surface area contributed by atoms with E-state index >= 15 is 0 Å². The Kier molecular flexibility index (Phi) is 3.21. The van der Waals surface area contributed by atoms with Crippen LogP contribution in [0.15, 0.2) is 12.1 Å². The Bertz CT molecular complexity index is 379. The smallest absolute Gasteiger partial charge is 0.150 e. The number of nitrogens with two attached hydrogens (primary N) is 1. The molecule has 0 aromatic carbocycles. The van der Waals surface area contributed by atoms with Gasteiger partial charge in [0, 0.05) is 13.2 Å². The summed E-state index contributed by atoms with van der Waals surface area (Å²) in [6.45, 7) is 1.03. The maximum absolute atomic E-state index is 8.95. The number of nitrogens with one attached hydrogen (secondary N) is 1. The molecule has 1 fully saturated rings. The van der Waals surface area contributed by atoms with Gasteiger partial charge in [-0.3, -0.25) is 0 Å². The Balaban J connectivity index is 1.97. The molecule has 0 aliphatic heterocycles. The summed E-state index contributed by atoms with van der Waals surface area (Å²) in [5.74, 6) is 0.636. The van der Waals surface area contributed by atoms with Gasteiger partial charge >= 0.3 is 0 Å². The summed E-state index contributed by atoms with van der Waals surface area (Å²) in [7, 11) is 0. The SMILES string of the molecule is Nc1ccc(Cl)nc1NCC1(CCO)CC1. The van der Waals surface area contributed by atoms with Crippen LogP contribution in [0.25, 0.3) is 0 Å². The van der Waals surface area contributed by atoms with Crippen LogP contribution in [0.5, 0.6) is 0 Å². The Morgan fingerprint density at radius 2 is 2.25 bits per heavy atom. The van der Waals surface area contributed by atoms with E-state index in [2.05, 4.69) is 10.3 Å². The Labute approximate surface area is 99.8 Å². The monoisotopic (exact) mass is 241 g/mol. The van der Waals surface area contributed by atoms with E-state index in [-0.39, 0.29) is 12.0 Å². The number of aliphatic hydroxyl groups excluding tert-OH is 1. The molecular formula is C11H16ClN3O. The topological polar surface area (TPSA) is 71.2 Å². The van der Waals surface area contributed by atoms with Gasteiger partial charge in [-0.25, -0.2) is 4.98 Å². The summed E-state index contributed by atoms with van der Waals surface area (Å²) < 4.78 is 0. The maximum atomic E-state index is 8.95. The molecule has 1 heterocycles. The molecule has 0 spiro atoms. The molecule has 16 heavy (non-hydrogen) atoms. The van der Waals surface area contributed by atoms with Gasteiger partial charge in [-0.1, -0.05) is 11.6 Å². The molecule has 4 N–H and O–H groups in total. The first-order valence-electron chi connectivity index (χ1n) is 5.42. The average molecular weight is 242 g/mol. The van der Waals surface area contributed by atoms with Crippen molar-refractivity contribution in [3.8, 4) is 0 Å². The highest BCUT2D eigenvalue weighted by atomic mass is 35.5. The van der Waals surface area contributed by atoms with Crippen LogP contribution < -0.4 is 11.1 Å². The minimum atomic E-state index is 0.236. The van der Waals surface area contributed by atoms with E-state index in [4.69, 9.17) is 22.4 Å². The largest absolute Gasteiger partial charge is 0.396 e. The highest BCUT2D eigenvalue weighted by Gasteiger charge is 2.41. The third-order valence-electron chi connectivity index (χ3n) is 3.12. The average Bonchev–Trinajstić information content (AvgIpc) is 3.01. The molecule has 0 unspecified atom stereocenters. The number of halogens is 1. The molecule has 0 bridgehead atoms. The Morgan fingerprint density at radius 1 is 1.50 bits per heavy atom. The van der Waals surface area contributed by atoms with E-state index in [0.717, 1.165) is 25.8 Å². The predicted molar refractivity (Wildman–Crippen MR) is 65.5 cm³/mol. The fourth-order valence-corrected chi connectivity index (χ4v) is 1.94. The number of nitrogen functional groups attached to an aromatic ring is 1. The van der Waals surface area contributed by atoms with Crippen molar-refractivity contribution in [2.24, 2.45) is 5.41 Å². The highest BCUT2D eigenvalue weighted by Crippen LogP contribution is 2.48. The normalized spacial score (nSPS) is 17.1. The van der Waals surface area contributed by atoms with E-state index in [1.54, 1.807) is 12.1 Å². The number of aliphatic hydroxyl groups is 1. The van der Waals surface area contributed by atoms with Crippen LogP contribution in [0.1, 0.15) is 19.3 Å². The second-order valence-corrected chi connectivity index (χ2v) is 4.79. The number of anilines is 2. The van der Waals surface area contributed by atoms with Crippen molar-refractivity contribution in [2.75, 3.05) is 24.2 Å². The number of pyridine rings is 1. The third kappa shape index (κ3) is 2.57. The van der Waals surface area contributed by atoms with Gasteiger partial charge in [0.15, 0.2) is 5.82 Å². The maximum Gasteiger partial charge on any atom is 0.150 e. The van der Waals surface area contributed by atoms with Gasteiger partial charge in [-0.05, 0) is 36.8 Å². The summed E-state index contributed by atoms with van der Waals surface area (Å²) in [5, 5.41) is 12.6. The second kappa shape index (κ2) is 4.47. The van der Waals surface area contributed by atoms with Gasteiger partial charge in [-0.15, -0.1) is 0 Å². The number of hydrogen-bond donors (Lipinski definition) is 3. The molecule has 4 nitrogen and oxygen atoms in total. The zero-order chi connectivity index (χ0) is 11.6. The van der Waals surface area contributed by atoms with Crippen LogP contribution in [0, 0.1) is 5.41 Å². The van der Waals surface area contributed by atoms with Crippen LogP contribution in [-0.2, 0) is 0 Å². The number of aromatic nitrogens is 1. The van der Waals surface area contributed by atoms with Crippen LogP contribution in [0.3, 0.4) is 0 Å². The van der Waals surface area contributed by atoms with Crippen molar-refractivity contribution in [3.05, 3.63) is 17.3 Å². The molecule has 88 valence electrons. The van der Waals surface area contributed by atoms with Crippen molar-refractivity contribution >= 4 is 23.1 Å². The number of hydrogen-bond acceptors (Lipinski definition) is 4. The first kappa shape index (κ1) is 11.5. The lowest BCUT2D eigenvalue weighted by Crippen LogP contribution is -2.18. The first-order valence-corrected chi connectivity index (χ1v) is 5.80. The van der Waals surface area contributed by atoms with Gasteiger partial charge in [-0.2, -0.15) is 0 Å². The fraction of sp³-hybridized carbons (Fsp3) is 0.545. The lowest BCUT2D eigenvalue weighted by Gasteiger charge is -2.16. The zero-order valence-corrected chi connectivity index (χ0v) is 9.80. The van der Waals surface area contributed by atoms with Gasteiger partial charge in [0.2, 0.25) is 0 Å². The van der Waals surface area contributed by atoms with Gasteiger partial charge in [0.25, 0.3) is 0 Å². The molecule has 1 aromatic rings. The van der Waals surface area contributed by atoms with Crippen LogP contribution in [0.2, 0.25) is 5.15 Å². The van der Waals surface area contributed by atoms with E-state index in [1.165, 1.54) is 0 Å². The Hall–Kier alpha value is -1.00. The van der Waals surface area contributed by atoms with E-state index in [1.807, 2.05) is 0 Å². The van der Waals surface area contributed by atoms with E-state index in [0.29, 0.717) is 16.7 Å². The number of rotatable bonds is 5. The van der Waals surface area contributed by atoms with Crippen molar-refractivity contribution in [1.82, 2.24) is 4.98 Å². The first-order chi connectivity index (χ1) is 7.65. The molecule has 0 amide bonds. The van der Waals surface area contributed by atoms with Crippen molar-refractivity contribution in [1.29, 1.82) is 0 Å². The van der Waals surface area contributed by atoms with Crippen molar-refractivity contribution < 1.29 is 5.11 Å². The molecule has 1 aliphatic carbocycles. The van der Waals surface area contributed by atoms with E-state index < -0.39 is 0 Å². The predicted octanol–water partition coefficient (Wildman–Crippen LogP) is 1.89. The lowest BCUT2D eigenvalue weighted by molar-refractivity contribution is 0.253. The molecule has 1 aromatic heterocycles. The summed E-state index contributed by atoms with van der Waals surface area (Å²) in [5.41, 5.74) is 6.62. The molecule has 0 saturated heterocycles. The third-order valence-corrected chi connectivity index (χ3v) is 3.33. The molecule has 1 saturated carbocycles. The van der Waals surface area contributed by atoms with Crippen LogP contribution >= 0.6 is 11.6 Å². The number of nitrogens with zero attached hydrogens (tertiary/aromatic N) is 1. The fourth-order valence-electron chi connectivity index (χ4n) is 1.79. The molecule has 5 heteroatoms. The zero-order valence-electron chi connectivity index (χ0n) is 9.04. The molecule has 0 radical (unpaired) electrons. The molecular weight excluding hydrogens is 226 g/mol. The molecule has 0 atom stereocenters. The van der Waals surface area contributed by atoms with Gasteiger partial charge in [0.1, 0.15) is 5.15 Å². The minimum Gasteiger partial charge on any atom is -0.396 e. The van der Waals surface area contributed by atoms with Crippen LogP contribution in [-0.4, -0.2) is 23.2 Å². The van der Waals surface area contributed by atoms with Crippen molar-refractivity contribution in [3.63, 3.8) is 0 Å². The summed E-state index contributed by atoms with van der Waals surface area (Å²) in [6, 6.07) is 3.41. The quantitative estimate of drug-likeness (QED) is 0.689. The van der Waals surface area contributed by atoms with Gasteiger partial charge < -0.3 is 16.2 Å². The summed E-state index contributed by atoms with van der Waals surface area (Å²) >= 11 is 5.80. The second-order valence-electron chi connectivity index (χ2n) is 4.40. The van der Waals surface area contributed by atoms with Crippen LogP contribution in [0.4, 0.5) is 11.5 Å². The Morgan fingerprint density at radius 3 is 2.88 bits per heavy atom. The minimum absolute atomic E-state index is 0.236.